The van der Waals surface area contributed by atoms with Gasteiger partial charge in [-0.15, -0.1) is 0 Å². The number of hydrogen-bond acceptors (Lipinski definition) is 4. The molecule has 0 aromatic heterocycles. The molecule has 1 atom stereocenters. The first kappa shape index (κ1) is 14.0. The van der Waals surface area contributed by atoms with Crippen molar-refractivity contribution in [3.8, 4) is 0 Å². The summed E-state index contributed by atoms with van der Waals surface area (Å²) in [5.74, 6) is 0. The third-order valence-corrected chi connectivity index (χ3v) is 4.64. The van der Waals surface area contributed by atoms with Gasteiger partial charge in [-0.05, 0) is 23.6 Å². The molecule has 0 saturated carbocycles. The molecule has 1 saturated heterocycles. The Morgan fingerprint density at radius 2 is 2.05 bits per heavy atom. The third-order valence-electron chi connectivity index (χ3n) is 4.64. The van der Waals surface area contributed by atoms with E-state index < -0.39 is 0 Å². The van der Waals surface area contributed by atoms with Crippen LogP contribution in [0.5, 0.6) is 0 Å². The number of rotatable bonds is 4. The molecular formula is C16H25N3O. The number of aryl methyl sites for hydroxylation is 1. The van der Waals surface area contributed by atoms with E-state index in [0.717, 1.165) is 45.9 Å². The van der Waals surface area contributed by atoms with Gasteiger partial charge in [-0.25, -0.2) is 0 Å². The van der Waals surface area contributed by atoms with Crippen LogP contribution < -0.4 is 5.73 Å². The van der Waals surface area contributed by atoms with Gasteiger partial charge in [-0.2, -0.15) is 0 Å². The number of benzene rings is 1. The Labute approximate surface area is 121 Å². The second-order valence-electron chi connectivity index (χ2n) is 5.82. The molecule has 4 nitrogen and oxygen atoms in total. The molecule has 2 aliphatic rings. The molecule has 3 rings (SSSR count). The summed E-state index contributed by atoms with van der Waals surface area (Å²) in [7, 11) is 0. The summed E-state index contributed by atoms with van der Waals surface area (Å²) in [4.78, 5) is 5.03. The Balaban J connectivity index is 1.64. The van der Waals surface area contributed by atoms with E-state index in [4.69, 9.17) is 10.5 Å². The molecule has 1 aromatic rings. The highest BCUT2D eigenvalue weighted by Gasteiger charge is 2.29. The van der Waals surface area contributed by atoms with Crippen LogP contribution in [0.2, 0.25) is 0 Å². The fourth-order valence-corrected chi connectivity index (χ4v) is 3.37. The minimum absolute atomic E-state index is 0.394. The van der Waals surface area contributed by atoms with E-state index in [2.05, 4.69) is 34.9 Å². The van der Waals surface area contributed by atoms with E-state index in [-0.39, 0.29) is 0 Å². The van der Waals surface area contributed by atoms with Gasteiger partial charge in [0.2, 0.25) is 0 Å². The maximum absolute atomic E-state index is 6.02. The molecule has 20 heavy (non-hydrogen) atoms. The van der Waals surface area contributed by atoms with E-state index in [1.807, 2.05) is 0 Å². The zero-order chi connectivity index (χ0) is 13.9. The van der Waals surface area contributed by atoms with Crippen LogP contribution in [0.4, 0.5) is 0 Å². The van der Waals surface area contributed by atoms with Crippen molar-refractivity contribution in [2.24, 2.45) is 5.73 Å². The van der Waals surface area contributed by atoms with Crippen LogP contribution in [0.25, 0.3) is 0 Å². The normalized spacial score (nSPS) is 24.0. The van der Waals surface area contributed by atoms with Crippen molar-refractivity contribution in [2.45, 2.75) is 19.5 Å². The van der Waals surface area contributed by atoms with E-state index in [9.17, 15) is 0 Å². The lowest BCUT2D eigenvalue weighted by molar-refractivity contribution is 0.0314. The monoisotopic (exact) mass is 275 g/mol. The molecule has 2 heterocycles. The van der Waals surface area contributed by atoms with Gasteiger partial charge in [0.15, 0.2) is 0 Å². The smallest absolute Gasteiger partial charge is 0.0594 e. The van der Waals surface area contributed by atoms with Gasteiger partial charge in [0.1, 0.15) is 0 Å². The lowest BCUT2D eigenvalue weighted by atomic mass is 10.0. The van der Waals surface area contributed by atoms with Gasteiger partial charge in [0, 0.05) is 45.3 Å². The van der Waals surface area contributed by atoms with Gasteiger partial charge < -0.3 is 10.5 Å². The Hall–Kier alpha value is -0.940. The van der Waals surface area contributed by atoms with Gasteiger partial charge in [-0.3, -0.25) is 9.80 Å². The zero-order valence-electron chi connectivity index (χ0n) is 12.3. The molecule has 2 aliphatic heterocycles. The first-order chi connectivity index (χ1) is 9.79. The first-order valence-corrected chi connectivity index (χ1v) is 7.62. The Kier molecular flexibility index (Phi) is 4.36. The second kappa shape index (κ2) is 6.22. The summed E-state index contributed by atoms with van der Waals surface area (Å²) in [6.45, 7) is 10.0. The summed E-state index contributed by atoms with van der Waals surface area (Å²) in [6.07, 6.45) is 0. The highest BCUT2D eigenvalue weighted by atomic mass is 16.5. The van der Waals surface area contributed by atoms with E-state index in [0.29, 0.717) is 12.6 Å². The fraction of sp³-hybridized carbons (Fsp3) is 0.625. The van der Waals surface area contributed by atoms with Crippen molar-refractivity contribution in [3.63, 3.8) is 0 Å². The largest absolute Gasteiger partial charge is 0.379 e. The molecule has 1 unspecified atom stereocenters. The molecule has 2 N–H and O–H groups in total. The number of morpholine rings is 1. The van der Waals surface area contributed by atoms with E-state index >= 15 is 0 Å². The van der Waals surface area contributed by atoms with Gasteiger partial charge >= 0.3 is 0 Å². The summed E-state index contributed by atoms with van der Waals surface area (Å²) in [5.41, 5.74) is 10.4. The fourth-order valence-electron chi connectivity index (χ4n) is 3.37. The quantitative estimate of drug-likeness (QED) is 0.895. The Morgan fingerprint density at radius 3 is 2.80 bits per heavy atom. The van der Waals surface area contributed by atoms with Gasteiger partial charge in [0.25, 0.3) is 0 Å². The molecule has 0 spiro atoms. The number of nitrogens with two attached hydrogens (primary N) is 1. The molecule has 0 radical (unpaired) electrons. The maximum Gasteiger partial charge on any atom is 0.0594 e. The Morgan fingerprint density at radius 1 is 1.25 bits per heavy atom. The van der Waals surface area contributed by atoms with Crippen molar-refractivity contribution in [3.05, 3.63) is 34.9 Å². The minimum atomic E-state index is 0.394. The van der Waals surface area contributed by atoms with Crippen LogP contribution in [-0.2, 0) is 11.3 Å². The summed E-state index contributed by atoms with van der Waals surface area (Å²) < 4.78 is 5.40. The van der Waals surface area contributed by atoms with Crippen LogP contribution in [0.15, 0.2) is 18.2 Å². The maximum atomic E-state index is 6.02. The summed E-state index contributed by atoms with van der Waals surface area (Å²) in [6, 6.07) is 7.00. The summed E-state index contributed by atoms with van der Waals surface area (Å²) >= 11 is 0. The average Bonchev–Trinajstić information content (AvgIpc) is 2.85. The van der Waals surface area contributed by atoms with Crippen molar-refractivity contribution >= 4 is 0 Å². The van der Waals surface area contributed by atoms with Gasteiger partial charge in [0.05, 0.1) is 13.2 Å². The molecule has 0 aliphatic carbocycles. The van der Waals surface area contributed by atoms with E-state index in [1.54, 1.807) is 0 Å². The standard InChI is InChI=1S/C16H25N3O/c1-13-3-2-4-14-15(13)12-19(16(14)11-17)6-5-18-7-9-20-10-8-18/h2-4,16H,5-12,17H2,1H3. The SMILES string of the molecule is Cc1cccc2c1CN(CCN1CCOCC1)C2CN. The molecule has 110 valence electrons. The predicted molar refractivity (Wildman–Crippen MR) is 80.6 cm³/mol. The number of nitrogens with zero attached hydrogens (tertiary/aromatic N) is 2. The lowest BCUT2D eigenvalue weighted by Gasteiger charge is -2.30. The zero-order valence-corrected chi connectivity index (χ0v) is 12.3. The minimum Gasteiger partial charge on any atom is -0.379 e. The lowest BCUT2D eigenvalue weighted by Crippen LogP contribution is -2.41. The molecular weight excluding hydrogens is 250 g/mol. The number of hydrogen-bond donors (Lipinski definition) is 1. The highest BCUT2D eigenvalue weighted by Crippen LogP contribution is 2.34. The topological polar surface area (TPSA) is 41.7 Å². The molecule has 4 heteroatoms. The highest BCUT2D eigenvalue weighted by molar-refractivity contribution is 5.40. The van der Waals surface area contributed by atoms with Crippen LogP contribution in [0, 0.1) is 6.92 Å². The first-order valence-electron chi connectivity index (χ1n) is 7.62. The number of ether oxygens (including phenoxy) is 1. The third kappa shape index (κ3) is 2.74. The molecule has 0 bridgehead atoms. The van der Waals surface area contributed by atoms with E-state index in [1.165, 1.54) is 16.7 Å². The Bertz CT molecular complexity index is 457. The predicted octanol–water partition coefficient (Wildman–Crippen LogP) is 1.14. The van der Waals surface area contributed by atoms with Crippen molar-refractivity contribution < 1.29 is 4.74 Å². The summed E-state index contributed by atoms with van der Waals surface area (Å²) in [5, 5.41) is 0. The van der Waals surface area contributed by atoms with Crippen molar-refractivity contribution in [1.82, 2.24) is 9.80 Å². The molecule has 0 amide bonds. The van der Waals surface area contributed by atoms with Crippen molar-refractivity contribution in [1.29, 1.82) is 0 Å². The number of fused-ring (bicyclic) bond motifs is 1. The van der Waals surface area contributed by atoms with Crippen LogP contribution >= 0.6 is 0 Å². The van der Waals surface area contributed by atoms with Crippen LogP contribution in [-0.4, -0.2) is 55.7 Å². The molecule has 1 aromatic carbocycles. The van der Waals surface area contributed by atoms with Gasteiger partial charge in [-0.1, -0.05) is 18.2 Å². The second-order valence-corrected chi connectivity index (χ2v) is 5.82. The van der Waals surface area contributed by atoms with Crippen LogP contribution in [0.3, 0.4) is 0 Å². The average molecular weight is 275 g/mol. The van der Waals surface area contributed by atoms with Crippen LogP contribution in [0.1, 0.15) is 22.7 Å². The van der Waals surface area contributed by atoms with Crippen molar-refractivity contribution in [2.75, 3.05) is 45.9 Å². The molecule has 1 fully saturated rings.